The van der Waals surface area contributed by atoms with Crippen molar-refractivity contribution < 1.29 is 22.8 Å². The lowest BCUT2D eigenvalue weighted by atomic mass is 10.2. The van der Waals surface area contributed by atoms with Crippen molar-refractivity contribution in [1.82, 2.24) is 24.7 Å². The van der Waals surface area contributed by atoms with Gasteiger partial charge in [-0.1, -0.05) is 18.2 Å². The lowest BCUT2D eigenvalue weighted by Gasteiger charge is -2.41. The molecular formula is C24H25F3N6O2. The van der Waals surface area contributed by atoms with E-state index in [0.717, 1.165) is 23.7 Å². The van der Waals surface area contributed by atoms with Crippen LogP contribution in [-0.4, -0.2) is 62.7 Å². The summed E-state index contributed by atoms with van der Waals surface area (Å²) in [6.45, 7) is 5.22. The Kier molecular flexibility index (Phi) is 6.88. The van der Waals surface area contributed by atoms with Crippen molar-refractivity contribution in [3.63, 3.8) is 0 Å². The number of hydrogen-bond acceptors (Lipinski definition) is 5. The van der Waals surface area contributed by atoms with E-state index in [1.165, 1.54) is 11.1 Å². The topological polar surface area (TPSA) is 74.6 Å². The predicted molar refractivity (Wildman–Crippen MR) is 122 cm³/mol. The third kappa shape index (κ3) is 5.51. The normalized spacial score (nSPS) is 14.7. The molecule has 35 heavy (non-hydrogen) atoms. The predicted octanol–water partition coefficient (Wildman–Crippen LogP) is 3.32. The molecule has 0 spiro atoms. The van der Waals surface area contributed by atoms with Crippen LogP contribution in [0.3, 0.4) is 0 Å². The summed E-state index contributed by atoms with van der Waals surface area (Å²) in [7, 11) is 0. The number of rotatable bonds is 5. The Morgan fingerprint density at radius 1 is 1.00 bits per heavy atom. The standard InChI is InChI=1S/C24H25F3N6O2/c1-17-14-18(2)32(29-17)16-22(34)30-10-12-31(13-11-30)33(23(35)19-6-4-3-5-7-19)20-8-9-21(28-15-20)24(25,26)27/h3-9,14-15H,10-13,16H2,1-2H3. The van der Waals surface area contributed by atoms with Crippen molar-refractivity contribution in [2.24, 2.45) is 0 Å². The van der Waals surface area contributed by atoms with E-state index in [-0.39, 0.29) is 18.1 Å². The summed E-state index contributed by atoms with van der Waals surface area (Å²) in [4.78, 5) is 31.4. The first-order valence-electron chi connectivity index (χ1n) is 11.1. The maximum absolute atomic E-state index is 13.4. The Bertz CT molecular complexity index is 1190. The number of aryl methyl sites for hydroxylation is 2. The minimum Gasteiger partial charge on any atom is -0.338 e. The molecule has 0 saturated carbocycles. The van der Waals surface area contributed by atoms with Gasteiger partial charge >= 0.3 is 6.18 Å². The van der Waals surface area contributed by atoms with Crippen molar-refractivity contribution in [3.8, 4) is 0 Å². The van der Waals surface area contributed by atoms with E-state index in [2.05, 4.69) is 10.1 Å². The van der Waals surface area contributed by atoms with Crippen LogP contribution in [0.5, 0.6) is 0 Å². The summed E-state index contributed by atoms with van der Waals surface area (Å²) < 4.78 is 40.7. The fraction of sp³-hybridized carbons (Fsp3) is 0.333. The molecule has 1 aromatic carbocycles. The first-order chi connectivity index (χ1) is 16.6. The van der Waals surface area contributed by atoms with E-state index in [1.807, 2.05) is 19.9 Å². The molecule has 0 atom stereocenters. The summed E-state index contributed by atoms with van der Waals surface area (Å²) in [6.07, 6.45) is -3.53. The second kappa shape index (κ2) is 9.87. The zero-order valence-electron chi connectivity index (χ0n) is 19.4. The fourth-order valence-corrected chi connectivity index (χ4v) is 4.00. The number of aromatic nitrogens is 3. The summed E-state index contributed by atoms with van der Waals surface area (Å²) in [6, 6.07) is 12.5. The number of pyridine rings is 1. The van der Waals surface area contributed by atoms with E-state index in [0.29, 0.717) is 31.7 Å². The molecule has 3 heterocycles. The number of carbonyl (C=O) groups excluding carboxylic acids is 2. The summed E-state index contributed by atoms with van der Waals surface area (Å²) in [5.41, 5.74) is 1.29. The molecule has 0 radical (unpaired) electrons. The zero-order chi connectivity index (χ0) is 25.2. The highest BCUT2D eigenvalue weighted by molar-refractivity contribution is 6.05. The van der Waals surface area contributed by atoms with Crippen LogP contribution in [0.1, 0.15) is 27.4 Å². The number of nitrogens with zero attached hydrogens (tertiary/aromatic N) is 6. The van der Waals surface area contributed by atoms with Crippen LogP contribution < -0.4 is 5.01 Å². The van der Waals surface area contributed by atoms with E-state index in [4.69, 9.17) is 0 Å². The van der Waals surface area contributed by atoms with Crippen molar-refractivity contribution in [2.75, 3.05) is 31.2 Å². The first kappa shape index (κ1) is 24.4. The molecule has 2 amide bonds. The molecule has 184 valence electrons. The molecule has 0 unspecified atom stereocenters. The fourth-order valence-electron chi connectivity index (χ4n) is 4.00. The van der Waals surface area contributed by atoms with Gasteiger partial charge in [-0.3, -0.25) is 14.3 Å². The number of carbonyl (C=O) groups is 2. The van der Waals surface area contributed by atoms with Crippen molar-refractivity contribution >= 4 is 17.5 Å². The molecule has 2 aromatic heterocycles. The molecule has 1 saturated heterocycles. The summed E-state index contributed by atoms with van der Waals surface area (Å²) in [5.74, 6) is -0.484. The first-order valence-corrected chi connectivity index (χ1v) is 11.1. The van der Waals surface area contributed by atoms with Gasteiger partial charge in [0.05, 0.1) is 17.6 Å². The van der Waals surface area contributed by atoms with E-state index >= 15 is 0 Å². The minimum absolute atomic E-state index is 0.0898. The molecule has 3 aromatic rings. The van der Waals surface area contributed by atoms with Crippen molar-refractivity contribution in [2.45, 2.75) is 26.6 Å². The van der Waals surface area contributed by atoms with E-state index < -0.39 is 17.8 Å². The second-order valence-corrected chi connectivity index (χ2v) is 8.30. The molecule has 8 nitrogen and oxygen atoms in total. The maximum Gasteiger partial charge on any atom is 0.433 e. The average molecular weight is 486 g/mol. The maximum atomic E-state index is 13.4. The third-order valence-electron chi connectivity index (χ3n) is 5.78. The van der Waals surface area contributed by atoms with Crippen molar-refractivity contribution in [1.29, 1.82) is 0 Å². The monoisotopic (exact) mass is 486 g/mol. The third-order valence-corrected chi connectivity index (χ3v) is 5.78. The molecule has 11 heteroatoms. The highest BCUT2D eigenvalue weighted by Gasteiger charge is 2.34. The molecule has 1 aliphatic rings. The largest absolute Gasteiger partial charge is 0.433 e. The van der Waals surface area contributed by atoms with Crippen LogP contribution in [0.15, 0.2) is 54.7 Å². The SMILES string of the molecule is Cc1cc(C)n(CC(=O)N2CCN(N(C(=O)c3ccccc3)c3ccc(C(F)(F)F)nc3)CC2)n1. The number of benzene rings is 1. The number of alkyl halides is 3. The Hall–Kier alpha value is -3.73. The lowest BCUT2D eigenvalue weighted by molar-refractivity contribution is -0.141. The lowest BCUT2D eigenvalue weighted by Crippen LogP contribution is -2.57. The Morgan fingerprint density at radius 3 is 2.23 bits per heavy atom. The van der Waals surface area contributed by atoms with Gasteiger partial charge in [-0.2, -0.15) is 18.3 Å². The molecule has 0 aliphatic carbocycles. The van der Waals surface area contributed by atoms with Crippen LogP contribution in [0.4, 0.5) is 18.9 Å². The van der Waals surface area contributed by atoms with Crippen LogP contribution in [0.25, 0.3) is 0 Å². The summed E-state index contributed by atoms with van der Waals surface area (Å²) >= 11 is 0. The number of amides is 2. The smallest absolute Gasteiger partial charge is 0.338 e. The summed E-state index contributed by atoms with van der Waals surface area (Å²) in [5, 5.41) is 7.40. The van der Waals surface area contributed by atoms with Gasteiger partial charge in [-0.05, 0) is 44.2 Å². The number of halogens is 3. The quantitative estimate of drug-likeness (QED) is 0.553. The van der Waals surface area contributed by atoms with Gasteiger partial charge in [0.1, 0.15) is 12.2 Å². The van der Waals surface area contributed by atoms with Gasteiger partial charge < -0.3 is 4.90 Å². The second-order valence-electron chi connectivity index (χ2n) is 8.30. The zero-order valence-corrected chi connectivity index (χ0v) is 19.4. The van der Waals surface area contributed by atoms with E-state index in [9.17, 15) is 22.8 Å². The van der Waals surface area contributed by atoms with Gasteiger partial charge in [-0.15, -0.1) is 0 Å². The van der Waals surface area contributed by atoms with Crippen LogP contribution >= 0.6 is 0 Å². The van der Waals surface area contributed by atoms with Crippen LogP contribution in [-0.2, 0) is 17.5 Å². The number of anilines is 1. The molecule has 0 N–H and O–H groups in total. The number of hydrogen-bond donors (Lipinski definition) is 0. The van der Waals surface area contributed by atoms with Gasteiger partial charge in [0.2, 0.25) is 5.91 Å². The Morgan fingerprint density at radius 2 is 1.69 bits per heavy atom. The Labute approximate surface area is 200 Å². The van der Waals surface area contributed by atoms with Gasteiger partial charge in [0.15, 0.2) is 0 Å². The molecule has 1 fully saturated rings. The highest BCUT2D eigenvalue weighted by Crippen LogP contribution is 2.29. The highest BCUT2D eigenvalue weighted by atomic mass is 19.4. The van der Waals surface area contributed by atoms with Crippen LogP contribution in [0.2, 0.25) is 0 Å². The number of hydrazine groups is 1. The minimum atomic E-state index is -4.58. The average Bonchev–Trinajstić information content (AvgIpc) is 3.16. The Balaban J connectivity index is 1.52. The van der Waals surface area contributed by atoms with Gasteiger partial charge in [0, 0.05) is 37.4 Å². The molecule has 4 rings (SSSR count). The number of piperazine rings is 1. The van der Waals surface area contributed by atoms with Gasteiger partial charge in [0.25, 0.3) is 5.91 Å². The van der Waals surface area contributed by atoms with Gasteiger partial charge in [-0.25, -0.2) is 15.0 Å². The van der Waals surface area contributed by atoms with E-state index in [1.54, 1.807) is 44.9 Å². The molecule has 0 bridgehead atoms. The van der Waals surface area contributed by atoms with Crippen molar-refractivity contribution in [3.05, 3.63) is 77.4 Å². The van der Waals surface area contributed by atoms with Crippen LogP contribution in [0, 0.1) is 13.8 Å². The molecular weight excluding hydrogens is 461 g/mol. The molecule has 1 aliphatic heterocycles.